The van der Waals surface area contributed by atoms with E-state index in [2.05, 4.69) is 10.3 Å². The normalized spacial score (nSPS) is 15.4. The van der Waals surface area contributed by atoms with Gasteiger partial charge in [0, 0.05) is 22.7 Å². The van der Waals surface area contributed by atoms with Crippen LogP contribution in [0.2, 0.25) is 0 Å². The van der Waals surface area contributed by atoms with Gasteiger partial charge in [0.25, 0.3) is 11.8 Å². The molecule has 0 unspecified atom stereocenters. The van der Waals surface area contributed by atoms with Crippen molar-refractivity contribution in [2.45, 2.75) is 0 Å². The number of imide groups is 1. The van der Waals surface area contributed by atoms with Crippen LogP contribution in [0, 0.1) is 0 Å². The molecule has 0 saturated carbocycles. The molecule has 0 saturated heterocycles. The highest BCUT2D eigenvalue weighted by atomic mass is 16.5. The molecule has 0 spiro atoms. The van der Waals surface area contributed by atoms with Crippen LogP contribution in [0.4, 0.5) is 0 Å². The van der Waals surface area contributed by atoms with Crippen molar-refractivity contribution >= 4 is 28.3 Å². The van der Waals surface area contributed by atoms with Crippen LogP contribution in [0.1, 0.15) is 5.56 Å². The van der Waals surface area contributed by atoms with Crippen LogP contribution in [0.3, 0.4) is 0 Å². The molecule has 1 aromatic carbocycles. The van der Waals surface area contributed by atoms with E-state index < -0.39 is 11.8 Å². The molecule has 1 aromatic heterocycles. The van der Waals surface area contributed by atoms with Crippen molar-refractivity contribution in [2.75, 3.05) is 7.11 Å². The van der Waals surface area contributed by atoms with E-state index >= 15 is 0 Å². The lowest BCUT2D eigenvalue weighted by molar-refractivity contribution is -0.124. The van der Waals surface area contributed by atoms with Gasteiger partial charge in [0.2, 0.25) is 0 Å². The number of para-hydroxylation sites is 1. The molecule has 0 atom stereocenters. The summed E-state index contributed by atoms with van der Waals surface area (Å²) >= 11 is 0. The zero-order chi connectivity index (χ0) is 12.7. The summed E-state index contributed by atoms with van der Waals surface area (Å²) in [5.41, 5.74) is 1.85. The summed E-state index contributed by atoms with van der Waals surface area (Å²) in [6, 6.07) is 7.56. The molecule has 2 heterocycles. The van der Waals surface area contributed by atoms with E-state index in [4.69, 9.17) is 4.74 Å². The zero-order valence-corrected chi connectivity index (χ0v) is 9.61. The van der Waals surface area contributed by atoms with Crippen molar-refractivity contribution in [1.82, 2.24) is 10.3 Å². The molecule has 0 fully saturated rings. The van der Waals surface area contributed by atoms with Crippen molar-refractivity contribution in [3.8, 4) is 0 Å². The van der Waals surface area contributed by atoms with E-state index in [1.165, 1.54) is 7.11 Å². The number of H-pyrrole nitrogens is 1. The molecule has 1 aliphatic heterocycles. The molecule has 1 aliphatic rings. The van der Waals surface area contributed by atoms with Gasteiger partial charge in [-0.2, -0.15) is 0 Å². The van der Waals surface area contributed by atoms with E-state index in [9.17, 15) is 9.59 Å². The van der Waals surface area contributed by atoms with Gasteiger partial charge in [0.1, 0.15) is 0 Å². The predicted molar refractivity (Wildman–Crippen MR) is 65.4 cm³/mol. The van der Waals surface area contributed by atoms with Gasteiger partial charge in [-0.25, -0.2) is 0 Å². The summed E-state index contributed by atoms with van der Waals surface area (Å²) in [5, 5.41) is 3.11. The number of aromatic amines is 1. The van der Waals surface area contributed by atoms with Crippen LogP contribution in [0.25, 0.3) is 16.5 Å². The van der Waals surface area contributed by atoms with Gasteiger partial charge in [-0.05, 0) is 6.07 Å². The highest BCUT2D eigenvalue weighted by Crippen LogP contribution is 2.30. The summed E-state index contributed by atoms with van der Waals surface area (Å²) in [6.45, 7) is 0. The quantitative estimate of drug-likeness (QED) is 0.777. The summed E-state index contributed by atoms with van der Waals surface area (Å²) < 4.78 is 5.01. The van der Waals surface area contributed by atoms with Crippen molar-refractivity contribution in [3.63, 3.8) is 0 Å². The third-order valence-electron chi connectivity index (χ3n) is 2.95. The van der Waals surface area contributed by atoms with Crippen LogP contribution in [0.5, 0.6) is 0 Å². The Labute approximate surface area is 102 Å². The maximum atomic E-state index is 11.8. The minimum absolute atomic E-state index is 0.0600. The highest BCUT2D eigenvalue weighted by molar-refractivity contribution is 6.36. The number of amides is 2. The lowest BCUT2D eigenvalue weighted by Gasteiger charge is -2.00. The molecule has 0 bridgehead atoms. The Hall–Kier alpha value is -2.56. The number of benzene rings is 1. The van der Waals surface area contributed by atoms with Gasteiger partial charge in [-0.15, -0.1) is 0 Å². The fourth-order valence-corrected chi connectivity index (χ4v) is 2.16. The molecule has 0 aliphatic carbocycles. The Kier molecular flexibility index (Phi) is 2.19. The van der Waals surface area contributed by atoms with Gasteiger partial charge in [-0.3, -0.25) is 14.9 Å². The smallest absolute Gasteiger partial charge is 0.294 e. The van der Waals surface area contributed by atoms with Crippen molar-refractivity contribution in [1.29, 1.82) is 0 Å². The number of hydrogen-bond donors (Lipinski definition) is 2. The Bertz CT molecular complexity index is 697. The van der Waals surface area contributed by atoms with Gasteiger partial charge in [-0.1, -0.05) is 18.2 Å². The molecule has 90 valence electrons. The number of ether oxygens (including phenoxy) is 1. The number of hydrogen-bond acceptors (Lipinski definition) is 3. The van der Waals surface area contributed by atoms with Crippen LogP contribution in [-0.4, -0.2) is 23.9 Å². The van der Waals surface area contributed by atoms with Gasteiger partial charge in [0.05, 0.1) is 12.7 Å². The van der Waals surface area contributed by atoms with Crippen LogP contribution >= 0.6 is 0 Å². The molecule has 2 amide bonds. The first-order valence-corrected chi connectivity index (χ1v) is 5.43. The monoisotopic (exact) mass is 242 g/mol. The second-order valence-electron chi connectivity index (χ2n) is 3.94. The average Bonchev–Trinajstić information content (AvgIpc) is 2.89. The number of nitrogens with one attached hydrogen (secondary N) is 2. The summed E-state index contributed by atoms with van der Waals surface area (Å²) in [5.74, 6) is -0.867. The molecular weight excluding hydrogens is 232 g/mol. The average molecular weight is 242 g/mol. The first-order chi connectivity index (χ1) is 8.72. The van der Waals surface area contributed by atoms with Crippen LogP contribution < -0.4 is 5.32 Å². The topological polar surface area (TPSA) is 71.2 Å². The van der Waals surface area contributed by atoms with E-state index in [-0.39, 0.29) is 11.3 Å². The third-order valence-corrected chi connectivity index (χ3v) is 2.95. The standard InChI is InChI=1S/C13H10N2O3/c1-18-11-10(12(16)15-13(11)17)8-6-14-9-5-3-2-4-7(8)9/h2-6,14H,1H3,(H,15,16,17). The Morgan fingerprint density at radius 3 is 2.67 bits per heavy atom. The second-order valence-corrected chi connectivity index (χ2v) is 3.94. The maximum Gasteiger partial charge on any atom is 0.294 e. The number of carbonyl (C=O) groups is 2. The number of carbonyl (C=O) groups excluding carboxylic acids is 2. The number of fused-ring (bicyclic) bond motifs is 1. The van der Waals surface area contributed by atoms with Crippen LogP contribution in [-0.2, 0) is 14.3 Å². The highest BCUT2D eigenvalue weighted by Gasteiger charge is 2.33. The molecular formula is C13H10N2O3. The summed E-state index contributed by atoms with van der Waals surface area (Å²) in [4.78, 5) is 26.4. The Morgan fingerprint density at radius 2 is 1.89 bits per heavy atom. The van der Waals surface area contributed by atoms with Crippen molar-refractivity contribution in [2.24, 2.45) is 0 Å². The fraction of sp³-hybridized carbons (Fsp3) is 0.0769. The number of methoxy groups -OCH3 is 1. The Balaban J connectivity index is 2.29. The van der Waals surface area contributed by atoms with Crippen molar-refractivity contribution in [3.05, 3.63) is 41.8 Å². The van der Waals surface area contributed by atoms with Gasteiger partial charge >= 0.3 is 0 Å². The molecule has 2 N–H and O–H groups in total. The van der Waals surface area contributed by atoms with E-state index in [1.807, 2.05) is 24.3 Å². The minimum Gasteiger partial charge on any atom is -0.490 e. The van der Waals surface area contributed by atoms with Crippen molar-refractivity contribution < 1.29 is 14.3 Å². The van der Waals surface area contributed by atoms with Crippen LogP contribution in [0.15, 0.2) is 36.2 Å². The molecule has 3 rings (SSSR count). The third kappa shape index (κ3) is 1.34. The molecule has 2 aromatic rings. The first kappa shape index (κ1) is 10.6. The lowest BCUT2D eigenvalue weighted by Crippen LogP contribution is -2.23. The fourth-order valence-electron chi connectivity index (χ4n) is 2.16. The largest absolute Gasteiger partial charge is 0.490 e. The minimum atomic E-state index is -0.497. The lowest BCUT2D eigenvalue weighted by atomic mass is 10.0. The Morgan fingerprint density at radius 1 is 1.11 bits per heavy atom. The van der Waals surface area contributed by atoms with E-state index in [1.54, 1.807) is 6.20 Å². The zero-order valence-electron chi connectivity index (χ0n) is 9.61. The SMILES string of the molecule is COC1=C(c2c[nH]c3ccccc23)C(=O)NC1=O. The molecule has 5 nitrogen and oxygen atoms in total. The first-order valence-electron chi connectivity index (χ1n) is 5.43. The molecule has 5 heteroatoms. The summed E-state index contributed by atoms with van der Waals surface area (Å²) in [6.07, 6.45) is 1.71. The van der Waals surface area contributed by atoms with E-state index in [0.29, 0.717) is 5.56 Å². The van der Waals surface area contributed by atoms with Gasteiger partial charge < -0.3 is 9.72 Å². The summed E-state index contributed by atoms with van der Waals surface area (Å²) in [7, 11) is 1.38. The number of rotatable bonds is 2. The predicted octanol–water partition coefficient (Wildman–Crippen LogP) is 1.18. The second kappa shape index (κ2) is 3.73. The van der Waals surface area contributed by atoms with Gasteiger partial charge in [0.15, 0.2) is 5.76 Å². The number of aromatic nitrogens is 1. The maximum absolute atomic E-state index is 11.8. The molecule has 18 heavy (non-hydrogen) atoms. The van der Waals surface area contributed by atoms with E-state index in [0.717, 1.165) is 10.9 Å². The molecule has 0 radical (unpaired) electrons.